The Labute approximate surface area is 177 Å². The molecule has 0 aromatic carbocycles. The Morgan fingerprint density at radius 2 is 1.00 bits per heavy atom. The van der Waals surface area contributed by atoms with E-state index in [9.17, 15) is 19.2 Å². The quantitative estimate of drug-likeness (QED) is 0.341. The van der Waals surface area contributed by atoms with Crippen molar-refractivity contribution in [2.24, 2.45) is 0 Å². The topological polar surface area (TPSA) is 129 Å². The molecule has 30 heavy (non-hydrogen) atoms. The first-order valence-electron chi connectivity index (χ1n) is 9.58. The molecule has 172 valence electrons. The number of ether oxygens (including phenoxy) is 4. The van der Waals surface area contributed by atoms with E-state index in [0.717, 1.165) is 12.2 Å². The molecule has 0 saturated carbocycles. The molecule has 10 nitrogen and oxygen atoms in total. The van der Waals surface area contributed by atoms with Gasteiger partial charge in [-0.3, -0.25) is 0 Å². The van der Waals surface area contributed by atoms with Gasteiger partial charge in [0.2, 0.25) is 0 Å². The first-order chi connectivity index (χ1) is 13.6. The van der Waals surface area contributed by atoms with Gasteiger partial charge in [0, 0.05) is 12.2 Å². The summed E-state index contributed by atoms with van der Waals surface area (Å²) >= 11 is 0. The van der Waals surface area contributed by atoms with Crippen LogP contribution in [0.25, 0.3) is 0 Å². The lowest BCUT2D eigenvalue weighted by molar-refractivity contribution is -0.141. The summed E-state index contributed by atoms with van der Waals surface area (Å²) in [6.45, 7) is 13.5. The van der Waals surface area contributed by atoms with Crippen molar-refractivity contribution in [2.45, 2.75) is 78.7 Å². The minimum Gasteiger partial charge on any atom is -0.460 e. The van der Waals surface area contributed by atoms with Crippen LogP contribution in [0.1, 0.15) is 55.4 Å². The standard InChI is InChI=1S/C20H34N2O8/c1-13(21-17(25)29-19(3,4)5)11-27-15(23)9-10-16(24)28-12-14(2)22-18(26)30-20(6,7)8/h9-10,13-14H,11-12H2,1-8H3,(H,21,25)(H,22,26)/b10-9+/t13-,14-/m0/s1. The Hall–Kier alpha value is -2.78. The van der Waals surface area contributed by atoms with E-state index in [0.29, 0.717) is 0 Å². The van der Waals surface area contributed by atoms with Crippen molar-refractivity contribution < 1.29 is 38.1 Å². The van der Waals surface area contributed by atoms with Crippen LogP contribution in [-0.2, 0) is 28.5 Å². The number of nitrogens with one attached hydrogen (secondary N) is 2. The third kappa shape index (κ3) is 16.2. The number of carbonyl (C=O) groups excluding carboxylic acids is 4. The molecule has 0 aliphatic carbocycles. The molecular weight excluding hydrogens is 396 g/mol. The summed E-state index contributed by atoms with van der Waals surface area (Å²) in [7, 11) is 0. The van der Waals surface area contributed by atoms with Crippen molar-refractivity contribution in [3.63, 3.8) is 0 Å². The zero-order valence-corrected chi connectivity index (χ0v) is 19.0. The molecule has 0 rings (SSSR count). The van der Waals surface area contributed by atoms with Gasteiger partial charge in [-0.15, -0.1) is 0 Å². The second-order valence-electron chi connectivity index (χ2n) is 8.69. The lowest BCUT2D eigenvalue weighted by Crippen LogP contribution is -2.40. The van der Waals surface area contributed by atoms with E-state index < -0.39 is 47.4 Å². The number of esters is 2. The van der Waals surface area contributed by atoms with Gasteiger partial charge in [0.15, 0.2) is 0 Å². The normalized spacial score (nSPS) is 13.7. The number of hydrogen-bond acceptors (Lipinski definition) is 8. The van der Waals surface area contributed by atoms with E-state index >= 15 is 0 Å². The third-order valence-electron chi connectivity index (χ3n) is 2.83. The van der Waals surface area contributed by atoms with E-state index in [1.807, 2.05) is 0 Å². The minimum atomic E-state index is -0.773. The Morgan fingerprint density at radius 1 is 0.700 bits per heavy atom. The van der Waals surface area contributed by atoms with Gasteiger partial charge in [-0.25, -0.2) is 19.2 Å². The smallest absolute Gasteiger partial charge is 0.407 e. The van der Waals surface area contributed by atoms with Crippen molar-refractivity contribution in [2.75, 3.05) is 13.2 Å². The van der Waals surface area contributed by atoms with Crippen LogP contribution in [0.4, 0.5) is 9.59 Å². The Balaban J connectivity index is 4.17. The molecule has 0 aliphatic heterocycles. The summed E-state index contributed by atoms with van der Waals surface area (Å²) < 4.78 is 20.0. The van der Waals surface area contributed by atoms with Crippen LogP contribution >= 0.6 is 0 Å². The second-order valence-corrected chi connectivity index (χ2v) is 8.69. The molecule has 0 fully saturated rings. The van der Waals surface area contributed by atoms with Crippen LogP contribution in [0.3, 0.4) is 0 Å². The van der Waals surface area contributed by atoms with Gasteiger partial charge >= 0.3 is 24.1 Å². The van der Waals surface area contributed by atoms with Crippen LogP contribution in [0, 0.1) is 0 Å². The summed E-state index contributed by atoms with van der Waals surface area (Å²) in [4.78, 5) is 46.5. The van der Waals surface area contributed by atoms with Crippen LogP contribution in [-0.4, -0.2) is 60.6 Å². The van der Waals surface area contributed by atoms with Crippen LogP contribution in [0.15, 0.2) is 12.2 Å². The highest BCUT2D eigenvalue weighted by Gasteiger charge is 2.19. The molecule has 0 saturated heterocycles. The molecule has 0 unspecified atom stereocenters. The Bertz CT molecular complexity index is 578. The van der Waals surface area contributed by atoms with Crippen molar-refractivity contribution in [3.05, 3.63) is 12.2 Å². The molecular formula is C20H34N2O8. The summed E-state index contributed by atoms with van der Waals surface area (Å²) in [5, 5.41) is 5.04. The average Bonchev–Trinajstić information content (AvgIpc) is 2.52. The van der Waals surface area contributed by atoms with Crippen LogP contribution in [0.2, 0.25) is 0 Å². The first-order valence-corrected chi connectivity index (χ1v) is 9.58. The summed E-state index contributed by atoms with van der Waals surface area (Å²) in [5.74, 6) is -1.55. The van der Waals surface area contributed by atoms with Crippen LogP contribution in [0.5, 0.6) is 0 Å². The molecule has 0 aliphatic rings. The zero-order valence-electron chi connectivity index (χ0n) is 19.0. The summed E-state index contributed by atoms with van der Waals surface area (Å²) in [6.07, 6.45) is 0.571. The van der Waals surface area contributed by atoms with Gasteiger partial charge in [0.1, 0.15) is 24.4 Å². The van der Waals surface area contributed by atoms with Crippen molar-refractivity contribution >= 4 is 24.1 Å². The molecule has 2 amide bonds. The molecule has 0 bridgehead atoms. The van der Waals surface area contributed by atoms with Gasteiger partial charge in [-0.2, -0.15) is 0 Å². The van der Waals surface area contributed by atoms with Gasteiger partial charge < -0.3 is 29.6 Å². The molecule has 0 aromatic rings. The highest BCUT2D eigenvalue weighted by atomic mass is 16.6. The maximum atomic E-state index is 11.6. The minimum absolute atomic E-state index is 0.103. The zero-order chi connectivity index (χ0) is 23.5. The first kappa shape index (κ1) is 27.2. The lowest BCUT2D eigenvalue weighted by atomic mass is 10.2. The maximum absolute atomic E-state index is 11.6. The van der Waals surface area contributed by atoms with Gasteiger partial charge in [-0.05, 0) is 55.4 Å². The molecule has 0 spiro atoms. The van der Waals surface area contributed by atoms with Crippen molar-refractivity contribution in [1.82, 2.24) is 10.6 Å². The van der Waals surface area contributed by atoms with E-state index in [-0.39, 0.29) is 13.2 Å². The van der Waals surface area contributed by atoms with E-state index in [1.54, 1.807) is 55.4 Å². The number of alkyl carbamates (subject to hydrolysis) is 2. The van der Waals surface area contributed by atoms with Crippen molar-refractivity contribution in [1.29, 1.82) is 0 Å². The number of amides is 2. The third-order valence-corrected chi connectivity index (χ3v) is 2.83. The Kier molecular flexibility index (Phi) is 10.9. The summed E-state index contributed by atoms with van der Waals surface area (Å²) in [6, 6.07) is -0.965. The number of carbonyl (C=O) groups is 4. The fraction of sp³-hybridized carbons (Fsp3) is 0.700. The molecule has 2 N–H and O–H groups in total. The maximum Gasteiger partial charge on any atom is 0.407 e. The lowest BCUT2D eigenvalue weighted by Gasteiger charge is -2.21. The van der Waals surface area contributed by atoms with Gasteiger partial charge in [0.25, 0.3) is 0 Å². The summed E-state index contributed by atoms with van der Waals surface area (Å²) in [5.41, 5.74) is -1.27. The Morgan fingerprint density at radius 3 is 1.27 bits per heavy atom. The number of hydrogen-bond donors (Lipinski definition) is 2. The van der Waals surface area contributed by atoms with Crippen molar-refractivity contribution in [3.8, 4) is 0 Å². The number of rotatable bonds is 8. The largest absolute Gasteiger partial charge is 0.460 e. The predicted molar refractivity (Wildman–Crippen MR) is 109 cm³/mol. The molecule has 10 heteroatoms. The van der Waals surface area contributed by atoms with E-state index in [4.69, 9.17) is 18.9 Å². The van der Waals surface area contributed by atoms with Gasteiger partial charge in [-0.1, -0.05) is 0 Å². The van der Waals surface area contributed by atoms with Crippen LogP contribution < -0.4 is 10.6 Å². The SMILES string of the molecule is C[C@@H](COC(=O)/C=C/C(=O)OC[C@H](C)NC(=O)OC(C)(C)C)NC(=O)OC(C)(C)C. The van der Waals surface area contributed by atoms with E-state index in [2.05, 4.69) is 10.6 Å². The fourth-order valence-corrected chi connectivity index (χ4v) is 1.75. The van der Waals surface area contributed by atoms with E-state index in [1.165, 1.54) is 0 Å². The predicted octanol–water partition coefficient (Wildman–Crippen LogP) is 2.46. The molecule has 0 aromatic heterocycles. The molecule has 0 radical (unpaired) electrons. The second kappa shape index (κ2) is 12.0. The average molecular weight is 430 g/mol. The van der Waals surface area contributed by atoms with Gasteiger partial charge in [0.05, 0.1) is 12.1 Å². The highest BCUT2D eigenvalue weighted by molar-refractivity contribution is 5.91. The molecule has 2 atom stereocenters. The molecule has 0 heterocycles. The monoisotopic (exact) mass is 430 g/mol. The fourth-order valence-electron chi connectivity index (χ4n) is 1.75. The highest BCUT2D eigenvalue weighted by Crippen LogP contribution is 2.07.